The van der Waals surface area contributed by atoms with Crippen LogP contribution in [0.15, 0.2) is 15.2 Å². The zero-order valence-corrected chi connectivity index (χ0v) is 12.5. The fraction of sp³-hybridized carbons (Fsp3) is 0.500. The first-order chi connectivity index (χ1) is 7.63. The minimum atomic E-state index is 0.665. The third-order valence-corrected chi connectivity index (χ3v) is 3.98. The van der Waals surface area contributed by atoms with Crippen LogP contribution < -0.4 is 5.32 Å². The average molecular weight is 323 g/mol. The lowest BCUT2D eigenvalue weighted by molar-refractivity contribution is 0.203. The lowest BCUT2D eigenvalue weighted by atomic mass is 10.3. The molecule has 0 amide bonds. The van der Waals surface area contributed by atoms with E-state index < -0.39 is 0 Å². The Labute approximate surface area is 114 Å². The van der Waals surface area contributed by atoms with Gasteiger partial charge in [0.05, 0.1) is 10.4 Å². The maximum Gasteiger partial charge on any atom is 0.169 e. The smallest absolute Gasteiger partial charge is 0.169 e. The molecule has 0 bridgehead atoms. The zero-order chi connectivity index (χ0) is 12.0. The normalized spacial score (nSPS) is 10.2. The van der Waals surface area contributed by atoms with E-state index in [0.717, 1.165) is 22.0 Å². The Kier molecular flexibility index (Phi) is 6.26. The fourth-order valence-corrected chi connectivity index (χ4v) is 2.54. The molecule has 1 aromatic heterocycles. The summed E-state index contributed by atoms with van der Waals surface area (Å²) in [5.74, 6) is 0. The van der Waals surface area contributed by atoms with Gasteiger partial charge >= 0.3 is 0 Å². The second-order valence-electron chi connectivity index (χ2n) is 3.34. The van der Waals surface area contributed by atoms with Crippen molar-refractivity contribution in [2.45, 2.75) is 6.54 Å². The summed E-state index contributed by atoms with van der Waals surface area (Å²) in [7, 11) is 3.66. The van der Waals surface area contributed by atoms with Crippen LogP contribution in [0.2, 0.25) is 0 Å². The van der Waals surface area contributed by atoms with Gasteiger partial charge in [-0.25, -0.2) is 0 Å². The number of ether oxygens (including phenoxy) is 1. The number of nitrogens with zero attached hydrogens (tertiary/aromatic N) is 1. The number of thiocarbonyl (C=S) groups is 1. The highest BCUT2D eigenvalue weighted by Crippen LogP contribution is 2.21. The molecule has 0 aliphatic carbocycles. The molecule has 0 saturated heterocycles. The molecule has 0 radical (unpaired) electrons. The minimum absolute atomic E-state index is 0.665. The largest absolute Gasteiger partial charge is 0.383 e. The summed E-state index contributed by atoms with van der Waals surface area (Å²) in [6.07, 6.45) is 0. The SMILES string of the molecule is COCCNC(=S)N(C)Cc1csc(Br)c1. The van der Waals surface area contributed by atoms with Crippen molar-refractivity contribution in [2.75, 3.05) is 27.3 Å². The van der Waals surface area contributed by atoms with Crippen LogP contribution in [0.25, 0.3) is 0 Å². The molecule has 0 aromatic carbocycles. The molecule has 0 aliphatic rings. The van der Waals surface area contributed by atoms with Gasteiger partial charge in [-0.15, -0.1) is 11.3 Å². The first-order valence-corrected chi connectivity index (χ1v) is 6.92. The molecular weight excluding hydrogens is 308 g/mol. The van der Waals surface area contributed by atoms with Crippen LogP contribution >= 0.6 is 39.5 Å². The average Bonchev–Trinajstić information content (AvgIpc) is 2.64. The molecule has 1 N–H and O–H groups in total. The van der Waals surface area contributed by atoms with Gasteiger partial charge in [-0.3, -0.25) is 0 Å². The Balaban J connectivity index is 2.34. The summed E-state index contributed by atoms with van der Waals surface area (Å²) in [5, 5.41) is 6.01. The van der Waals surface area contributed by atoms with E-state index in [1.54, 1.807) is 18.4 Å². The summed E-state index contributed by atoms with van der Waals surface area (Å²) < 4.78 is 6.10. The first kappa shape index (κ1) is 13.9. The molecule has 90 valence electrons. The van der Waals surface area contributed by atoms with Gasteiger partial charge in [0, 0.05) is 27.2 Å². The number of halogens is 1. The van der Waals surface area contributed by atoms with Crippen molar-refractivity contribution in [1.82, 2.24) is 10.2 Å². The van der Waals surface area contributed by atoms with E-state index in [1.807, 2.05) is 11.9 Å². The van der Waals surface area contributed by atoms with Crippen LogP contribution in [-0.2, 0) is 11.3 Å². The summed E-state index contributed by atoms with van der Waals surface area (Å²) in [5.41, 5.74) is 1.26. The monoisotopic (exact) mass is 322 g/mol. The predicted octanol–water partition coefficient (Wildman–Crippen LogP) is 2.46. The minimum Gasteiger partial charge on any atom is -0.383 e. The van der Waals surface area contributed by atoms with Crippen molar-refractivity contribution < 1.29 is 4.74 Å². The summed E-state index contributed by atoms with van der Waals surface area (Å²) in [4.78, 5) is 2.01. The Morgan fingerprint density at radius 1 is 1.69 bits per heavy atom. The van der Waals surface area contributed by atoms with Gasteiger partial charge in [-0.1, -0.05) is 0 Å². The maximum absolute atomic E-state index is 5.25. The molecule has 6 heteroatoms. The number of hydrogen-bond donors (Lipinski definition) is 1. The standard InChI is InChI=1S/C10H15BrN2OS2/c1-13(10(15)12-3-4-14-2)6-8-5-9(11)16-7-8/h5,7H,3-4,6H2,1-2H3,(H,12,15). The molecule has 0 unspecified atom stereocenters. The van der Waals surface area contributed by atoms with E-state index in [1.165, 1.54) is 5.56 Å². The van der Waals surface area contributed by atoms with Gasteiger partial charge in [-0.05, 0) is 45.2 Å². The third kappa shape index (κ3) is 4.78. The van der Waals surface area contributed by atoms with Crippen LogP contribution in [-0.4, -0.2) is 37.3 Å². The van der Waals surface area contributed by atoms with Crippen LogP contribution in [0.3, 0.4) is 0 Å². The van der Waals surface area contributed by atoms with E-state index >= 15 is 0 Å². The van der Waals surface area contributed by atoms with Crippen molar-refractivity contribution >= 4 is 44.6 Å². The summed E-state index contributed by atoms with van der Waals surface area (Å²) in [6.45, 7) is 2.23. The highest BCUT2D eigenvalue weighted by atomic mass is 79.9. The van der Waals surface area contributed by atoms with Crippen molar-refractivity contribution in [1.29, 1.82) is 0 Å². The molecule has 0 fully saturated rings. The summed E-state index contributed by atoms with van der Waals surface area (Å²) >= 11 is 10.4. The quantitative estimate of drug-likeness (QED) is 0.665. The number of nitrogens with one attached hydrogen (secondary N) is 1. The predicted molar refractivity (Wildman–Crippen MR) is 76.0 cm³/mol. The molecule has 3 nitrogen and oxygen atoms in total. The van der Waals surface area contributed by atoms with Gasteiger partial charge in [0.2, 0.25) is 0 Å². The van der Waals surface area contributed by atoms with Crippen LogP contribution in [0.4, 0.5) is 0 Å². The molecular formula is C10H15BrN2OS2. The highest BCUT2D eigenvalue weighted by molar-refractivity contribution is 9.11. The van der Waals surface area contributed by atoms with Crippen LogP contribution in [0.1, 0.15) is 5.56 Å². The lowest BCUT2D eigenvalue weighted by Gasteiger charge is -2.20. The Hall–Kier alpha value is -0.170. The molecule has 0 saturated carbocycles. The molecule has 0 atom stereocenters. The van der Waals surface area contributed by atoms with E-state index in [2.05, 4.69) is 32.7 Å². The Morgan fingerprint density at radius 3 is 3.00 bits per heavy atom. The highest BCUT2D eigenvalue weighted by Gasteiger charge is 2.05. The van der Waals surface area contributed by atoms with Gasteiger partial charge in [0.15, 0.2) is 5.11 Å². The number of hydrogen-bond acceptors (Lipinski definition) is 3. The first-order valence-electron chi connectivity index (χ1n) is 4.84. The van der Waals surface area contributed by atoms with Gasteiger partial charge in [-0.2, -0.15) is 0 Å². The van der Waals surface area contributed by atoms with Crippen molar-refractivity contribution in [3.63, 3.8) is 0 Å². The van der Waals surface area contributed by atoms with E-state index in [9.17, 15) is 0 Å². The molecule has 1 heterocycles. The van der Waals surface area contributed by atoms with Gasteiger partial charge in [0.1, 0.15) is 0 Å². The number of thiophene rings is 1. The Bertz CT molecular complexity index is 343. The van der Waals surface area contributed by atoms with Gasteiger partial charge < -0.3 is 15.0 Å². The summed E-state index contributed by atoms with van der Waals surface area (Å²) in [6, 6.07) is 2.11. The molecule has 16 heavy (non-hydrogen) atoms. The lowest BCUT2D eigenvalue weighted by Crippen LogP contribution is -2.38. The van der Waals surface area contributed by atoms with E-state index in [4.69, 9.17) is 17.0 Å². The van der Waals surface area contributed by atoms with Crippen molar-refractivity contribution in [3.05, 3.63) is 20.8 Å². The topological polar surface area (TPSA) is 24.5 Å². The third-order valence-electron chi connectivity index (χ3n) is 1.97. The molecule has 1 aromatic rings. The van der Waals surface area contributed by atoms with Gasteiger partial charge in [0.25, 0.3) is 0 Å². The second kappa shape index (κ2) is 7.21. The Morgan fingerprint density at radius 2 is 2.44 bits per heavy atom. The number of methoxy groups -OCH3 is 1. The van der Waals surface area contributed by atoms with Crippen molar-refractivity contribution in [3.8, 4) is 0 Å². The maximum atomic E-state index is 5.25. The number of rotatable bonds is 5. The molecule has 0 spiro atoms. The molecule has 1 rings (SSSR count). The van der Waals surface area contributed by atoms with Crippen LogP contribution in [0.5, 0.6) is 0 Å². The second-order valence-corrected chi connectivity index (χ2v) is 6.02. The van der Waals surface area contributed by atoms with Crippen LogP contribution in [0, 0.1) is 0 Å². The van der Waals surface area contributed by atoms with E-state index in [-0.39, 0.29) is 0 Å². The van der Waals surface area contributed by atoms with Crippen molar-refractivity contribution in [2.24, 2.45) is 0 Å². The van der Waals surface area contributed by atoms with E-state index in [0.29, 0.717) is 6.61 Å². The molecule has 0 aliphatic heterocycles. The zero-order valence-electron chi connectivity index (χ0n) is 9.33. The fourth-order valence-electron chi connectivity index (χ4n) is 1.17.